The number of benzene rings is 2. The van der Waals surface area contributed by atoms with Crippen LogP contribution in [0.15, 0.2) is 60.7 Å². The van der Waals surface area contributed by atoms with Gasteiger partial charge in [0.1, 0.15) is 0 Å². The molecule has 0 aromatic heterocycles. The van der Waals surface area contributed by atoms with Gasteiger partial charge < -0.3 is 11.1 Å². The lowest BCUT2D eigenvalue weighted by Gasteiger charge is -2.39. The van der Waals surface area contributed by atoms with E-state index in [-0.39, 0.29) is 36.8 Å². The molecule has 3 N–H and O–H groups in total. The summed E-state index contributed by atoms with van der Waals surface area (Å²) in [4.78, 5) is 15.2. The first-order valence-electron chi connectivity index (χ1n) is 10.1. The Balaban J connectivity index is 0.00000150. The largest absolute Gasteiger partial charge is 0.352 e. The first-order valence-corrected chi connectivity index (χ1v) is 10.1. The van der Waals surface area contributed by atoms with Crippen molar-refractivity contribution in [1.82, 2.24) is 10.2 Å². The number of nitrogens with one attached hydrogen (secondary N) is 1. The van der Waals surface area contributed by atoms with Crippen molar-refractivity contribution in [3.63, 3.8) is 0 Å². The standard InChI is InChI=1S/C23H29N3O.2ClH/c24-22(13-17-7-3-1-4-8-17)23(27)25-19-14-20-11-12-21(15-19)26(20)16-18-9-5-2-6-10-18;;/h1-10,19-22H,11-16,24H2,(H,25,27);2*1H. The van der Waals surface area contributed by atoms with Gasteiger partial charge in [0.05, 0.1) is 6.04 Å². The number of carbonyl (C=O) groups is 1. The van der Waals surface area contributed by atoms with Gasteiger partial charge >= 0.3 is 0 Å². The molecule has 0 saturated carbocycles. The number of fused-ring (bicyclic) bond motifs is 2. The minimum absolute atomic E-state index is 0. The Morgan fingerprint density at radius 1 is 0.931 bits per heavy atom. The van der Waals surface area contributed by atoms with Gasteiger partial charge in [-0.05, 0) is 43.2 Å². The fourth-order valence-corrected chi connectivity index (χ4v) is 4.71. The smallest absolute Gasteiger partial charge is 0.237 e. The van der Waals surface area contributed by atoms with Gasteiger partial charge in [-0.1, -0.05) is 60.7 Å². The SMILES string of the molecule is Cl.Cl.NC(Cc1ccccc1)C(=O)NC1CC2CCC(C1)N2Cc1ccccc1. The molecule has 2 aromatic rings. The molecule has 29 heavy (non-hydrogen) atoms. The average Bonchev–Trinajstić information content (AvgIpc) is 2.92. The van der Waals surface area contributed by atoms with Crippen LogP contribution in [0.5, 0.6) is 0 Å². The Hall–Kier alpha value is -1.59. The highest BCUT2D eigenvalue weighted by Gasteiger charge is 2.41. The number of rotatable bonds is 6. The van der Waals surface area contributed by atoms with Crippen LogP contribution in [0.4, 0.5) is 0 Å². The molecule has 2 aliphatic heterocycles. The molecule has 2 saturated heterocycles. The summed E-state index contributed by atoms with van der Waals surface area (Å²) in [5.41, 5.74) is 8.64. The van der Waals surface area contributed by atoms with Gasteiger partial charge in [0.2, 0.25) is 5.91 Å². The normalized spacial score (nSPS) is 24.1. The Morgan fingerprint density at radius 2 is 1.45 bits per heavy atom. The number of halogens is 2. The Morgan fingerprint density at radius 3 is 2.00 bits per heavy atom. The van der Waals surface area contributed by atoms with E-state index in [2.05, 4.69) is 40.5 Å². The van der Waals surface area contributed by atoms with Crippen LogP contribution in [0.1, 0.15) is 36.8 Å². The van der Waals surface area contributed by atoms with Crippen LogP contribution in [0.25, 0.3) is 0 Å². The van der Waals surface area contributed by atoms with Gasteiger partial charge in [-0.3, -0.25) is 9.69 Å². The van der Waals surface area contributed by atoms with Crippen LogP contribution >= 0.6 is 24.8 Å². The summed E-state index contributed by atoms with van der Waals surface area (Å²) in [5, 5.41) is 3.23. The second kappa shape index (κ2) is 11.0. The number of hydrogen-bond acceptors (Lipinski definition) is 3. The zero-order valence-corrected chi connectivity index (χ0v) is 18.2. The summed E-state index contributed by atoms with van der Waals surface area (Å²) in [5.74, 6) is -0.0141. The van der Waals surface area contributed by atoms with E-state index in [9.17, 15) is 4.79 Å². The molecule has 3 atom stereocenters. The molecule has 2 heterocycles. The third kappa shape index (κ3) is 5.95. The fourth-order valence-electron chi connectivity index (χ4n) is 4.71. The van der Waals surface area contributed by atoms with Crippen LogP contribution in [0.2, 0.25) is 0 Å². The minimum Gasteiger partial charge on any atom is -0.352 e. The maximum atomic E-state index is 12.6. The van der Waals surface area contributed by atoms with Crippen LogP contribution in [-0.4, -0.2) is 35.0 Å². The zero-order chi connectivity index (χ0) is 18.6. The van der Waals surface area contributed by atoms with Crippen molar-refractivity contribution in [1.29, 1.82) is 0 Å². The Labute approximate surface area is 186 Å². The monoisotopic (exact) mass is 435 g/mol. The summed E-state index contributed by atoms with van der Waals surface area (Å²) in [6, 6.07) is 21.6. The maximum Gasteiger partial charge on any atom is 0.237 e. The number of carbonyl (C=O) groups excluding carboxylic acids is 1. The summed E-state index contributed by atoms with van der Waals surface area (Å²) < 4.78 is 0. The summed E-state index contributed by atoms with van der Waals surface area (Å²) in [6.07, 6.45) is 5.13. The molecule has 0 radical (unpaired) electrons. The molecule has 4 rings (SSSR count). The van der Waals surface area contributed by atoms with Gasteiger partial charge in [0.25, 0.3) is 0 Å². The van der Waals surface area contributed by atoms with Gasteiger partial charge in [-0.2, -0.15) is 0 Å². The first kappa shape index (κ1) is 23.7. The molecule has 4 nitrogen and oxygen atoms in total. The lowest BCUT2D eigenvalue weighted by atomic mass is 9.96. The topological polar surface area (TPSA) is 58.4 Å². The van der Waals surface area contributed by atoms with Crippen LogP contribution in [-0.2, 0) is 17.8 Å². The molecular weight excluding hydrogens is 405 g/mol. The lowest BCUT2D eigenvalue weighted by Crippen LogP contribution is -2.53. The lowest BCUT2D eigenvalue weighted by molar-refractivity contribution is -0.123. The molecule has 2 fully saturated rings. The average molecular weight is 436 g/mol. The maximum absolute atomic E-state index is 12.6. The Kier molecular flexibility index (Phi) is 8.97. The van der Waals surface area contributed by atoms with Crippen LogP contribution in [0, 0.1) is 0 Å². The first-order chi connectivity index (χ1) is 13.2. The molecule has 0 aliphatic carbocycles. The minimum atomic E-state index is -0.479. The van der Waals surface area contributed by atoms with E-state index in [4.69, 9.17) is 5.73 Å². The second-order valence-corrected chi connectivity index (χ2v) is 8.02. The third-order valence-corrected chi connectivity index (χ3v) is 6.07. The molecule has 6 heteroatoms. The van der Waals surface area contributed by atoms with Crippen LogP contribution < -0.4 is 11.1 Å². The van der Waals surface area contributed by atoms with E-state index in [0.717, 1.165) is 24.9 Å². The van der Waals surface area contributed by atoms with E-state index < -0.39 is 6.04 Å². The number of nitrogens with two attached hydrogens (primary N) is 1. The molecule has 3 unspecified atom stereocenters. The number of amides is 1. The highest BCUT2D eigenvalue weighted by Crippen LogP contribution is 2.36. The van der Waals surface area contributed by atoms with Crippen molar-refractivity contribution in [2.24, 2.45) is 5.73 Å². The van der Waals surface area contributed by atoms with Crippen molar-refractivity contribution in [3.8, 4) is 0 Å². The van der Waals surface area contributed by atoms with Crippen molar-refractivity contribution in [3.05, 3.63) is 71.8 Å². The van der Waals surface area contributed by atoms with E-state index in [1.54, 1.807) is 0 Å². The van der Waals surface area contributed by atoms with E-state index in [0.29, 0.717) is 18.5 Å². The van der Waals surface area contributed by atoms with Gasteiger partial charge in [-0.25, -0.2) is 0 Å². The van der Waals surface area contributed by atoms with Gasteiger partial charge in [0.15, 0.2) is 0 Å². The van der Waals surface area contributed by atoms with E-state index in [1.165, 1.54) is 18.4 Å². The second-order valence-electron chi connectivity index (χ2n) is 8.02. The number of nitrogens with zero attached hydrogens (tertiary/aromatic N) is 1. The predicted octanol–water partition coefficient (Wildman–Crippen LogP) is 3.71. The van der Waals surface area contributed by atoms with Gasteiger partial charge in [-0.15, -0.1) is 24.8 Å². The summed E-state index contributed by atoms with van der Waals surface area (Å²) in [6.45, 7) is 1.02. The highest BCUT2D eigenvalue weighted by atomic mass is 35.5. The summed E-state index contributed by atoms with van der Waals surface area (Å²) in [7, 11) is 0. The van der Waals surface area contributed by atoms with Crippen molar-refractivity contribution in [2.45, 2.75) is 62.8 Å². The molecular formula is C23H31Cl2N3O. The quantitative estimate of drug-likeness (QED) is 0.726. The van der Waals surface area contributed by atoms with E-state index in [1.807, 2.05) is 30.3 Å². The Bertz CT molecular complexity index is 745. The van der Waals surface area contributed by atoms with Crippen molar-refractivity contribution >= 4 is 30.7 Å². The molecule has 1 amide bonds. The summed E-state index contributed by atoms with van der Waals surface area (Å²) >= 11 is 0. The molecule has 0 spiro atoms. The fraction of sp³-hybridized carbons (Fsp3) is 0.435. The number of piperidine rings is 1. The van der Waals surface area contributed by atoms with Crippen molar-refractivity contribution in [2.75, 3.05) is 0 Å². The van der Waals surface area contributed by atoms with E-state index >= 15 is 0 Å². The molecule has 2 bridgehead atoms. The van der Waals surface area contributed by atoms with Crippen LogP contribution in [0.3, 0.4) is 0 Å². The van der Waals surface area contributed by atoms with Crippen molar-refractivity contribution < 1.29 is 4.79 Å². The molecule has 2 aliphatic rings. The number of hydrogen-bond donors (Lipinski definition) is 2. The zero-order valence-electron chi connectivity index (χ0n) is 16.6. The molecule has 158 valence electrons. The van der Waals surface area contributed by atoms with Gasteiger partial charge in [0, 0.05) is 24.7 Å². The highest BCUT2D eigenvalue weighted by molar-refractivity contribution is 5.85. The third-order valence-electron chi connectivity index (χ3n) is 6.07. The predicted molar refractivity (Wildman–Crippen MR) is 123 cm³/mol. The molecule has 2 aromatic carbocycles.